The van der Waals surface area contributed by atoms with E-state index in [4.69, 9.17) is 44.2 Å². The molecule has 0 radical (unpaired) electrons. The fourth-order valence-electron chi connectivity index (χ4n) is 4.40. The molecule has 7 rings (SSSR count). The minimum atomic E-state index is 0.0917. The van der Waals surface area contributed by atoms with Crippen LogP contribution in [0.3, 0.4) is 0 Å². The number of hydrogen-bond acceptors (Lipinski definition) is 11. The molecular weight excluding hydrogens is 512 g/mol. The van der Waals surface area contributed by atoms with E-state index in [-0.39, 0.29) is 34.2 Å². The van der Waals surface area contributed by atoms with Crippen molar-refractivity contribution in [2.24, 2.45) is 10.1 Å². The summed E-state index contributed by atoms with van der Waals surface area (Å²) in [6, 6.07) is 13.7. The summed E-state index contributed by atoms with van der Waals surface area (Å²) in [5.74, 6) is 1.62. The Bertz CT molecular complexity index is 1730. The second kappa shape index (κ2) is 9.16. The summed E-state index contributed by atoms with van der Waals surface area (Å²) >= 11 is 0. The Morgan fingerprint density at radius 3 is 1.20 bits per heavy atom. The lowest BCUT2D eigenvalue weighted by molar-refractivity contribution is 0.571. The van der Waals surface area contributed by atoms with Crippen molar-refractivity contribution >= 4 is 11.4 Å². The predicted octanol–water partition coefficient (Wildman–Crippen LogP) is 5.61. The van der Waals surface area contributed by atoms with Crippen LogP contribution in [0.1, 0.15) is 22.8 Å². The fraction of sp³-hybridized carbons (Fsp3) is 0. The molecule has 12 heteroatoms. The molecule has 40 heavy (non-hydrogen) atoms. The first-order valence-electron chi connectivity index (χ1n) is 11.7. The molecule has 0 atom stereocenters. The van der Waals surface area contributed by atoms with Crippen LogP contribution in [0.5, 0.6) is 0 Å². The highest BCUT2D eigenvalue weighted by atomic mass is 16.3. The molecule has 1 aliphatic rings. The second-order valence-corrected chi connectivity index (χ2v) is 8.25. The largest absolute Gasteiger partial charge is 0.463 e. The van der Waals surface area contributed by atoms with E-state index in [1.165, 1.54) is 25.1 Å². The van der Waals surface area contributed by atoms with Gasteiger partial charge in [0.1, 0.15) is 51.3 Å². The van der Waals surface area contributed by atoms with Gasteiger partial charge in [-0.25, -0.2) is 19.9 Å². The van der Waals surface area contributed by atoms with Crippen LogP contribution in [-0.2, 0) is 0 Å². The van der Waals surface area contributed by atoms with Gasteiger partial charge in [0.25, 0.3) is 0 Å². The highest BCUT2D eigenvalue weighted by molar-refractivity contribution is 6.29. The Balaban J connectivity index is 1.57. The number of aliphatic imine (C=N–C) groups is 1. The Morgan fingerprint density at radius 1 is 0.575 bits per heavy atom. The molecule has 0 bridgehead atoms. The van der Waals surface area contributed by atoms with Crippen LogP contribution in [0, 0.1) is 18.0 Å². The van der Waals surface area contributed by atoms with Gasteiger partial charge >= 0.3 is 0 Å². The van der Waals surface area contributed by atoms with Crippen LogP contribution in [-0.4, -0.2) is 31.4 Å². The summed E-state index contributed by atoms with van der Waals surface area (Å²) < 4.78 is 22.5. The molecule has 0 N–H and O–H groups in total. The van der Waals surface area contributed by atoms with Crippen LogP contribution >= 0.6 is 0 Å². The summed E-state index contributed by atoms with van der Waals surface area (Å²) in [6.45, 7) is 7.54. The number of aromatic nitrogens is 4. The van der Waals surface area contributed by atoms with Crippen molar-refractivity contribution in [2.75, 3.05) is 0 Å². The van der Waals surface area contributed by atoms with Crippen LogP contribution in [0.15, 0.2) is 101 Å². The SMILES string of the molecule is [C-]#[N+]N=C1c2nc(-c3ccco3)c(-c3ccco3)nc2C(=NC#N)c2nc(-c3ccco3)c(-c3ccco3)nc21. The van der Waals surface area contributed by atoms with Crippen LogP contribution in [0.2, 0.25) is 0 Å². The van der Waals surface area contributed by atoms with Gasteiger partial charge in [0.2, 0.25) is 11.9 Å². The second-order valence-electron chi connectivity index (χ2n) is 8.25. The lowest BCUT2D eigenvalue weighted by Gasteiger charge is -2.20. The zero-order valence-corrected chi connectivity index (χ0v) is 20.1. The first-order chi connectivity index (χ1) is 19.8. The third-order valence-corrected chi connectivity index (χ3v) is 6.02. The van der Waals surface area contributed by atoms with Gasteiger partial charge in [-0.1, -0.05) is 0 Å². The third-order valence-electron chi connectivity index (χ3n) is 6.02. The topological polar surface area (TPSA) is 157 Å². The highest BCUT2D eigenvalue weighted by Gasteiger charge is 2.38. The predicted molar refractivity (Wildman–Crippen MR) is 138 cm³/mol. The average Bonchev–Trinajstić information content (AvgIpc) is 3.81. The van der Waals surface area contributed by atoms with Gasteiger partial charge in [-0.2, -0.15) is 16.8 Å². The molecule has 12 nitrogen and oxygen atoms in total. The zero-order chi connectivity index (χ0) is 27.1. The van der Waals surface area contributed by atoms with Crippen molar-refractivity contribution < 1.29 is 17.7 Å². The molecule has 1 aliphatic carbocycles. The molecule has 6 aromatic heterocycles. The molecule has 0 unspecified atom stereocenters. The monoisotopic (exact) mass is 524 g/mol. The zero-order valence-electron chi connectivity index (χ0n) is 20.1. The highest BCUT2D eigenvalue weighted by Crippen LogP contribution is 2.37. The molecule has 0 aliphatic heterocycles. The summed E-state index contributed by atoms with van der Waals surface area (Å²) in [4.78, 5) is 26.6. The minimum Gasteiger partial charge on any atom is -0.463 e. The lowest BCUT2D eigenvalue weighted by atomic mass is 9.94. The molecule has 0 spiro atoms. The van der Waals surface area contributed by atoms with Crippen molar-refractivity contribution in [1.29, 1.82) is 5.26 Å². The van der Waals surface area contributed by atoms with E-state index in [9.17, 15) is 5.26 Å². The molecule has 0 aromatic carbocycles. The van der Waals surface area contributed by atoms with Crippen molar-refractivity contribution in [3.05, 3.63) is 108 Å². The fourth-order valence-corrected chi connectivity index (χ4v) is 4.40. The molecular formula is C28H12N8O4. The number of furan rings is 4. The first-order valence-corrected chi connectivity index (χ1v) is 11.7. The summed E-state index contributed by atoms with van der Waals surface area (Å²) in [5.41, 5.74) is 2.21. The molecule has 6 heterocycles. The van der Waals surface area contributed by atoms with E-state index < -0.39 is 0 Å². The average molecular weight is 524 g/mol. The number of fused-ring (bicyclic) bond motifs is 2. The van der Waals surface area contributed by atoms with Gasteiger partial charge in [-0.3, -0.25) is 0 Å². The third kappa shape index (κ3) is 3.53. The Morgan fingerprint density at radius 2 is 0.925 bits per heavy atom. The van der Waals surface area contributed by atoms with E-state index in [2.05, 4.69) is 15.0 Å². The van der Waals surface area contributed by atoms with E-state index >= 15 is 0 Å². The number of nitrogens with zero attached hydrogens (tertiary/aromatic N) is 8. The van der Waals surface area contributed by atoms with Gasteiger partial charge in [-0.15, -0.1) is 4.95 Å². The maximum atomic E-state index is 9.68. The van der Waals surface area contributed by atoms with Crippen LogP contribution in [0.25, 0.3) is 50.8 Å². The molecule has 0 amide bonds. The Hall–Kier alpha value is -6.40. The number of rotatable bonds is 4. The Kier molecular flexibility index (Phi) is 5.22. The van der Waals surface area contributed by atoms with Gasteiger partial charge in [-0.05, 0) is 48.5 Å². The molecule has 0 saturated carbocycles. The van der Waals surface area contributed by atoms with E-state index in [0.717, 1.165) is 0 Å². The maximum Gasteiger partial charge on any atom is 0.206 e. The summed E-state index contributed by atoms with van der Waals surface area (Å²) in [6.07, 6.45) is 7.85. The van der Waals surface area contributed by atoms with Crippen LogP contribution in [0.4, 0.5) is 0 Å². The van der Waals surface area contributed by atoms with E-state index in [1.807, 2.05) is 6.19 Å². The molecule has 0 fully saturated rings. The minimum absolute atomic E-state index is 0.0917. The van der Waals surface area contributed by atoms with Crippen molar-refractivity contribution in [1.82, 2.24) is 19.9 Å². The quantitative estimate of drug-likeness (QED) is 0.162. The van der Waals surface area contributed by atoms with Crippen molar-refractivity contribution in [3.63, 3.8) is 0 Å². The lowest BCUT2D eigenvalue weighted by Crippen LogP contribution is -2.28. The maximum absolute atomic E-state index is 9.68. The van der Waals surface area contributed by atoms with Gasteiger partial charge in [0, 0.05) is 0 Å². The molecule has 6 aromatic rings. The number of hydrogen-bond donors (Lipinski definition) is 0. The van der Waals surface area contributed by atoms with E-state index in [0.29, 0.717) is 45.8 Å². The van der Waals surface area contributed by atoms with Crippen molar-refractivity contribution in [2.45, 2.75) is 0 Å². The first kappa shape index (κ1) is 22.8. The van der Waals surface area contributed by atoms with Gasteiger partial charge in [0.15, 0.2) is 23.0 Å². The normalized spacial score (nSPS) is 11.8. The van der Waals surface area contributed by atoms with Crippen molar-refractivity contribution in [3.8, 4) is 52.0 Å². The standard InChI is InChI=1S/C28H12N8O4/c1-30-36-28-26-24(32-19(15-6-2-10-37-15)21(34-26)17-8-4-12-39-17)23(31-14-29)25-27(28)35-22(18-9-5-13-40-18)20(33-25)16-7-3-11-38-16/h2-13H. The summed E-state index contributed by atoms with van der Waals surface area (Å²) in [5, 5.41) is 13.7. The number of nitriles is 1. The Labute approximate surface area is 224 Å². The van der Waals surface area contributed by atoms with Gasteiger partial charge < -0.3 is 17.7 Å². The van der Waals surface area contributed by atoms with E-state index in [1.54, 1.807) is 48.5 Å². The molecule has 0 saturated heterocycles. The van der Waals surface area contributed by atoms with Crippen LogP contribution < -0.4 is 0 Å². The molecule has 188 valence electrons. The summed E-state index contributed by atoms with van der Waals surface area (Å²) in [7, 11) is 0. The van der Waals surface area contributed by atoms with Gasteiger partial charge in [0.05, 0.1) is 30.2 Å². The smallest absolute Gasteiger partial charge is 0.206 e.